The number of likely N-dealkylation sites (tertiary alicyclic amines) is 1. The van der Waals surface area contributed by atoms with E-state index in [0.717, 1.165) is 32.5 Å². The van der Waals surface area contributed by atoms with Crippen molar-refractivity contribution in [3.8, 4) is 0 Å². The third-order valence-electron chi connectivity index (χ3n) is 4.02. The summed E-state index contributed by atoms with van der Waals surface area (Å²) in [7, 11) is 0. The Balaban J connectivity index is 1.77. The number of aryl methyl sites for hydroxylation is 1. The third-order valence-corrected chi connectivity index (χ3v) is 4.02. The van der Waals surface area contributed by atoms with Gasteiger partial charge in [0.25, 0.3) is 0 Å². The maximum Gasteiger partial charge on any atom is 0.303 e. The zero-order valence-electron chi connectivity index (χ0n) is 11.6. The average molecular weight is 261 g/mol. The standard InChI is InChI=1S/C16H23NO2/c1-13-6-2-3-7-15(13)14-9-11-17(12-14)10-5-4-8-16(18)19/h2-3,6-7,14H,4-5,8-12H2,1H3,(H,18,19). The lowest BCUT2D eigenvalue weighted by atomic mass is 9.94. The summed E-state index contributed by atoms with van der Waals surface area (Å²) in [5.41, 5.74) is 2.87. The highest BCUT2D eigenvalue weighted by atomic mass is 16.4. The van der Waals surface area contributed by atoms with Crippen LogP contribution in [0.5, 0.6) is 0 Å². The van der Waals surface area contributed by atoms with Crippen LogP contribution in [0.2, 0.25) is 0 Å². The van der Waals surface area contributed by atoms with Crippen molar-refractivity contribution in [2.45, 2.75) is 38.5 Å². The quantitative estimate of drug-likeness (QED) is 0.800. The lowest BCUT2D eigenvalue weighted by Crippen LogP contribution is -2.21. The van der Waals surface area contributed by atoms with Crippen molar-refractivity contribution in [2.24, 2.45) is 0 Å². The van der Waals surface area contributed by atoms with Gasteiger partial charge in [-0.15, -0.1) is 0 Å². The van der Waals surface area contributed by atoms with E-state index < -0.39 is 5.97 Å². The molecule has 0 amide bonds. The monoisotopic (exact) mass is 261 g/mol. The van der Waals surface area contributed by atoms with Crippen LogP contribution in [0.1, 0.15) is 42.7 Å². The molecule has 1 aromatic rings. The van der Waals surface area contributed by atoms with Gasteiger partial charge in [0.2, 0.25) is 0 Å². The third kappa shape index (κ3) is 4.06. The number of rotatable bonds is 6. The fourth-order valence-electron chi connectivity index (χ4n) is 2.95. The van der Waals surface area contributed by atoms with Crippen molar-refractivity contribution in [3.63, 3.8) is 0 Å². The summed E-state index contributed by atoms with van der Waals surface area (Å²) in [5, 5.41) is 8.61. The second-order valence-corrected chi connectivity index (χ2v) is 5.49. The van der Waals surface area contributed by atoms with Crippen molar-refractivity contribution >= 4 is 5.97 Å². The van der Waals surface area contributed by atoms with Crippen LogP contribution in [-0.4, -0.2) is 35.6 Å². The molecule has 3 nitrogen and oxygen atoms in total. The Morgan fingerprint density at radius 3 is 2.89 bits per heavy atom. The molecule has 0 spiro atoms. The normalized spacial score (nSPS) is 19.7. The van der Waals surface area contributed by atoms with Gasteiger partial charge in [-0.25, -0.2) is 0 Å². The van der Waals surface area contributed by atoms with Gasteiger partial charge in [-0.3, -0.25) is 4.79 Å². The van der Waals surface area contributed by atoms with E-state index in [-0.39, 0.29) is 0 Å². The van der Waals surface area contributed by atoms with E-state index in [1.54, 1.807) is 0 Å². The lowest BCUT2D eigenvalue weighted by molar-refractivity contribution is -0.137. The van der Waals surface area contributed by atoms with Crippen LogP contribution >= 0.6 is 0 Å². The minimum Gasteiger partial charge on any atom is -0.481 e. The van der Waals surface area contributed by atoms with E-state index in [1.807, 2.05) is 0 Å². The van der Waals surface area contributed by atoms with Gasteiger partial charge in [0.05, 0.1) is 0 Å². The van der Waals surface area contributed by atoms with Crippen LogP contribution in [0.25, 0.3) is 0 Å². The summed E-state index contributed by atoms with van der Waals surface area (Å²) in [4.78, 5) is 12.9. The van der Waals surface area contributed by atoms with Crippen molar-refractivity contribution in [2.75, 3.05) is 19.6 Å². The summed E-state index contributed by atoms with van der Waals surface area (Å²) in [6.45, 7) is 5.49. The number of carbonyl (C=O) groups is 1. The van der Waals surface area contributed by atoms with Gasteiger partial charge in [0.15, 0.2) is 0 Å². The van der Waals surface area contributed by atoms with Crippen molar-refractivity contribution in [3.05, 3.63) is 35.4 Å². The molecule has 1 fully saturated rings. The van der Waals surface area contributed by atoms with Crippen molar-refractivity contribution < 1.29 is 9.90 Å². The van der Waals surface area contributed by atoms with Crippen LogP contribution in [0.4, 0.5) is 0 Å². The topological polar surface area (TPSA) is 40.5 Å². The SMILES string of the molecule is Cc1ccccc1C1CCN(CCCCC(=O)O)C1. The first kappa shape index (κ1) is 14.1. The lowest BCUT2D eigenvalue weighted by Gasteiger charge is -2.16. The van der Waals surface area contributed by atoms with Crippen LogP contribution in [-0.2, 0) is 4.79 Å². The molecular formula is C16H23NO2. The van der Waals surface area contributed by atoms with E-state index in [0.29, 0.717) is 12.3 Å². The minimum absolute atomic E-state index is 0.301. The van der Waals surface area contributed by atoms with Gasteiger partial charge in [-0.1, -0.05) is 24.3 Å². The molecule has 0 radical (unpaired) electrons. The molecule has 2 rings (SSSR count). The highest BCUT2D eigenvalue weighted by molar-refractivity contribution is 5.66. The smallest absolute Gasteiger partial charge is 0.303 e. The number of carboxylic acid groups (broad SMARTS) is 1. The number of unbranched alkanes of at least 4 members (excludes halogenated alkanes) is 1. The molecule has 1 aliphatic heterocycles. The van der Waals surface area contributed by atoms with E-state index >= 15 is 0 Å². The summed E-state index contributed by atoms with van der Waals surface area (Å²) in [6.07, 6.45) is 3.31. The maximum atomic E-state index is 10.5. The van der Waals surface area contributed by atoms with Crippen LogP contribution in [0.3, 0.4) is 0 Å². The molecule has 1 heterocycles. The number of aliphatic carboxylic acids is 1. The summed E-state index contributed by atoms with van der Waals surface area (Å²) >= 11 is 0. The number of hydrogen-bond donors (Lipinski definition) is 1. The van der Waals surface area contributed by atoms with E-state index in [2.05, 4.69) is 36.1 Å². The van der Waals surface area contributed by atoms with Crippen LogP contribution < -0.4 is 0 Å². The number of nitrogens with zero attached hydrogens (tertiary/aromatic N) is 1. The summed E-state index contributed by atoms with van der Waals surface area (Å²) in [5.74, 6) is -0.0279. The largest absolute Gasteiger partial charge is 0.481 e. The molecule has 1 N–H and O–H groups in total. The number of carboxylic acids is 1. The second kappa shape index (κ2) is 6.71. The predicted molar refractivity (Wildman–Crippen MR) is 76.5 cm³/mol. The summed E-state index contributed by atoms with van der Waals surface area (Å²) < 4.78 is 0. The molecule has 19 heavy (non-hydrogen) atoms. The van der Waals surface area contributed by atoms with Gasteiger partial charge >= 0.3 is 5.97 Å². The zero-order valence-corrected chi connectivity index (χ0v) is 11.6. The summed E-state index contributed by atoms with van der Waals surface area (Å²) in [6, 6.07) is 8.65. The van der Waals surface area contributed by atoms with Crippen LogP contribution in [0.15, 0.2) is 24.3 Å². The van der Waals surface area contributed by atoms with E-state index in [1.165, 1.54) is 17.5 Å². The molecule has 0 aliphatic carbocycles. The minimum atomic E-state index is -0.681. The van der Waals surface area contributed by atoms with Gasteiger partial charge in [-0.05, 0) is 56.3 Å². The molecule has 0 saturated carbocycles. The number of benzene rings is 1. The molecule has 1 aromatic carbocycles. The van der Waals surface area contributed by atoms with Gasteiger partial charge in [0, 0.05) is 13.0 Å². The Kier molecular flexibility index (Phi) is 4.97. The number of hydrogen-bond acceptors (Lipinski definition) is 2. The maximum absolute atomic E-state index is 10.5. The fraction of sp³-hybridized carbons (Fsp3) is 0.562. The first-order chi connectivity index (χ1) is 9.16. The Labute approximate surface area is 115 Å². The predicted octanol–water partition coefficient (Wildman–Crippen LogP) is 3.04. The van der Waals surface area contributed by atoms with Gasteiger partial charge < -0.3 is 10.0 Å². The fourth-order valence-corrected chi connectivity index (χ4v) is 2.95. The molecule has 1 aliphatic rings. The first-order valence-electron chi connectivity index (χ1n) is 7.16. The molecular weight excluding hydrogens is 238 g/mol. The Morgan fingerprint density at radius 2 is 2.16 bits per heavy atom. The Bertz CT molecular complexity index is 431. The Hall–Kier alpha value is -1.35. The van der Waals surface area contributed by atoms with E-state index in [4.69, 9.17) is 5.11 Å². The second-order valence-electron chi connectivity index (χ2n) is 5.49. The molecule has 1 atom stereocenters. The van der Waals surface area contributed by atoms with Crippen LogP contribution in [0, 0.1) is 6.92 Å². The van der Waals surface area contributed by atoms with Crippen molar-refractivity contribution in [1.82, 2.24) is 4.90 Å². The Morgan fingerprint density at radius 1 is 1.37 bits per heavy atom. The average Bonchev–Trinajstić information content (AvgIpc) is 2.83. The molecule has 0 aromatic heterocycles. The molecule has 3 heteroatoms. The van der Waals surface area contributed by atoms with Gasteiger partial charge in [0.1, 0.15) is 0 Å². The van der Waals surface area contributed by atoms with Gasteiger partial charge in [-0.2, -0.15) is 0 Å². The van der Waals surface area contributed by atoms with E-state index in [9.17, 15) is 4.79 Å². The zero-order chi connectivity index (χ0) is 13.7. The highest BCUT2D eigenvalue weighted by Gasteiger charge is 2.24. The first-order valence-corrected chi connectivity index (χ1v) is 7.16. The highest BCUT2D eigenvalue weighted by Crippen LogP contribution is 2.29. The molecule has 1 unspecified atom stereocenters. The van der Waals surface area contributed by atoms with Crippen molar-refractivity contribution in [1.29, 1.82) is 0 Å². The molecule has 104 valence electrons. The molecule has 1 saturated heterocycles. The molecule has 0 bridgehead atoms.